The van der Waals surface area contributed by atoms with Crippen molar-refractivity contribution in [2.24, 2.45) is 0 Å². The van der Waals surface area contributed by atoms with Gasteiger partial charge in [0.25, 0.3) is 0 Å². The van der Waals surface area contributed by atoms with Gasteiger partial charge in [0.1, 0.15) is 30.1 Å². The Bertz CT molecular complexity index is 1020. The van der Waals surface area contributed by atoms with Gasteiger partial charge >= 0.3 is 5.97 Å². The van der Waals surface area contributed by atoms with Crippen LogP contribution in [0.25, 0.3) is 10.8 Å². The Hall–Kier alpha value is -2.72. The van der Waals surface area contributed by atoms with E-state index in [4.69, 9.17) is 23.7 Å². The lowest BCUT2D eigenvalue weighted by molar-refractivity contribution is -0.366. The van der Waals surface area contributed by atoms with Gasteiger partial charge in [-0.3, -0.25) is 4.79 Å². The van der Waals surface area contributed by atoms with E-state index >= 15 is 0 Å². The maximum absolute atomic E-state index is 12.1. The summed E-state index contributed by atoms with van der Waals surface area (Å²) in [5.74, 6) is -1.83. The van der Waals surface area contributed by atoms with Gasteiger partial charge in [0, 0.05) is 12.3 Å². The number of carboxylic acid groups (broad SMARTS) is 1. The zero-order chi connectivity index (χ0) is 23.8. The largest absolute Gasteiger partial charge is 0.479 e. The summed E-state index contributed by atoms with van der Waals surface area (Å²) in [6, 6.07) is 12.6. The molecular formula is C24H29NO8. The van der Waals surface area contributed by atoms with Gasteiger partial charge in [-0.1, -0.05) is 36.4 Å². The molecule has 0 radical (unpaired) electrons. The van der Waals surface area contributed by atoms with Gasteiger partial charge in [0.2, 0.25) is 12.2 Å². The number of amides is 1. The molecular weight excluding hydrogens is 430 g/mol. The number of carbonyl (C=O) groups excluding carboxylic acids is 1. The van der Waals surface area contributed by atoms with Gasteiger partial charge in [-0.05, 0) is 32.2 Å². The lowest BCUT2D eigenvalue weighted by atomic mass is 9.94. The van der Waals surface area contributed by atoms with E-state index < -0.39 is 48.5 Å². The second-order valence-electron chi connectivity index (χ2n) is 8.74. The van der Waals surface area contributed by atoms with Crippen LogP contribution in [0.3, 0.4) is 0 Å². The SMILES string of the molecule is CC(=O)NC1C(Oc2cccc3ccccc23)OC2COC(C)(C)OC2C1OC(C)C(=O)O. The highest BCUT2D eigenvalue weighted by Gasteiger charge is 2.54. The number of rotatable bonds is 6. The third-order valence-corrected chi connectivity index (χ3v) is 5.73. The summed E-state index contributed by atoms with van der Waals surface area (Å²) in [5, 5.41) is 14.1. The van der Waals surface area contributed by atoms with Gasteiger partial charge in [-0.15, -0.1) is 0 Å². The fraction of sp³-hybridized carbons (Fsp3) is 0.500. The molecule has 9 nitrogen and oxygen atoms in total. The van der Waals surface area contributed by atoms with E-state index in [1.54, 1.807) is 13.8 Å². The van der Waals surface area contributed by atoms with Crippen LogP contribution in [0.1, 0.15) is 27.7 Å². The predicted octanol–water partition coefficient (Wildman–Crippen LogP) is 2.46. The Kier molecular flexibility index (Phi) is 6.58. The molecule has 2 fully saturated rings. The van der Waals surface area contributed by atoms with Crippen LogP contribution in [-0.4, -0.2) is 66.1 Å². The minimum Gasteiger partial charge on any atom is -0.479 e. The summed E-state index contributed by atoms with van der Waals surface area (Å²) in [7, 11) is 0. The summed E-state index contributed by atoms with van der Waals surface area (Å²) in [6.07, 6.45) is -4.24. The third-order valence-electron chi connectivity index (χ3n) is 5.73. The first-order valence-corrected chi connectivity index (χ1v) is 10.9. The van der Waals surface area contributed by atoms with Gasteiger partial charge in [0.15, 0.2) is 11.9 Å². The molecule has 0 aromatic heterocycles. The molecule has 6 atom stereocenters. The Morgan fingerprint density at radius 3 is 2.64 bits per heavy atom. The summed E-state index contributed by atoms with van der Waals surface area (Å²) in [5.41, 5.74) is 0. The standard InChI is InChI=1S/C24H29NO8/c1-13(22(27)28)30-21-19(25-14(2)26)23(32-18-12-29-24(3,4)33-20(18)21)31-17-11-7-9-15-8-5-6-10-16(15)17/h5-11,13,18-21,23H,12H2,1-4H3,(H,25,26)(H,27,28). The fourth-order valence-electron chi connectivity index (χ4n) is 4.19. The van der Waals surface area contributed by atoms with Crippen molar-refractivity contribution in [1.82, 2.24) is 5.32 Å². The number of ether oxygens (including phenoxy) is 5. The van der Waals surface area contributed by atoms with Crippen molar-refractivity contribution in [1.29, 1.82) is 0 Å². The molecule has 2 aromatic carbocycles. The molecule has 2 aliphatic rings. The summed E-state index contributed by atoms with van der Waals surface area (Å²) in [4.78, 5) is 23.7. The van der Waals surface area contributed by atoms with Crippen LogP contribution in [0, 0.1) is 0 Å². The van der Waals surface area contributed by atoms with Gasteiger partial charge in [-0.25, -0.2) is 4.79 Å². The highest BCUT2D eigenvalue weighted by Crippen LogP contribution is 2.36. The van der Waals surface area contributed by atoms with Gasteiger partial charge in [0.05, 0.1) is 6.61 Å². The molecule has 0 spiro atoms. The smallest absolute Gasteiger partial charge is 0.332 e. The second-order valence-corrected chi connectivity index (χ2v) is 8.74. The number of carbonyl (C=O) groups is 2. The molecule has 2 N–H and O–H groups in total. The molecule has 2 saturated heterocycles. The van der Waals surface area contributed by atoms with Crippen molar-refractivity contribution < 1.29 is 38.4 Å². The lowest BCUT2D eigenvalue weighted by Gasteiger charge is -2.51. The molecule has 0 aliphatic carbocycles. The molecule has 178 valence electrons. The van der Waals surface area contributed by atoms with Gasteiger partial charge < -0.3 is 34.1 Å². The number of aliphatic carboxylic acids is 1. The molecule has 4 rings (SSSR count). The van der Waals surface area contributed by atoms with Crippen molar-refractivity contribution in [3.63, 3.8) is 0 Å². The van der Waals surface area contributed by atoms with Crippen LogP contribution in [0.5, 0.6) is 5.75 Å². The Morgan fingerprint density at radius 2 is 1.91 bits per heavy atom. The van der Waals surface area contributed by atoms with E-state index in [0.717, 1.165) is 10.8 Å². The van der Waals surface area contributed by atoms with E-state index in [-0.39, 0.29) is 12.5 Å². The van der Waals surface area contributed by atoms with Crippen molar-refractivity contribution in [2.75, 3.05) is 6.61 Å². The quantitative estimate of drug-likeness (QED) is 0.678. The van der Waals surface area contributed by atoms with Crippen molar-refractivity contribution in [3.8, 4) is 5.75 Å². The zero-order valence-corrected chi connectivity index (χ0v) is 19.0. The van der Waals surface area contributed by atoms with Crippen LogP contribution in [0.2, 0.25) is 0 Å². The second kappa shape index (κ2) is 9.26. The van der Waals surface area contributed by atoms with Crippen molar-refractivity contribution >= 4 is 22.6 Å². The molecule has 2 aliphatic heterocycles. The lowest BCUT2D eigenvalue weighted by Crippen LogP contribution is -2.70. The maximum atomic E-state index is 12.1. The van der Waals surface area contributed by atoms with Crippen LogP contribution < -0.4 is 10.1 Å². The first-order chi connectivity index (χ1) is 15.6. The Balaban J connectivity index is 1.70. The zero-order valence-electron chi connectivity index (χ0n) is 19.0. The maximum Gasteiger partial charge on any atom is 0.332 e. The molecule has 2 heterocycles. The summed E-state index contributed by atoms with van der Waals surface area (Å²) >= 11 is 0. The first-order valence-electron chi connectivity index (χ1n) is 10.9. The Morgan fingerprint density at radius 1 is 1.18 bits per heavy atom. The van der Waals surface area contributed by atoms with Crippen molar-refractivity contribution in [3.05, 3.63) is 42.5 Å². The Labute approximate surface area is 191 Å². The van der Waals surface area contributed by atoms with E-state index in [2.05, 4.69) is 5.32 Å². The van der Waals surface area contributed by atoms with E-state index in [0.29, 0.717) is 5.75 Å². The van der Waals surface area contributed by atoms with Crippen molar-refractivity contribution in [2.45, 2.75) is 70.2 Å². The molecule has 6 unspecified atom stereocenters. The molecule has 9 heteroatoms. The topological polar surface area (TPSA) is 113 Å². The number of hydrogen-bond donors (Lipinski definition) is 2. The van der Waals surface area contributed by atoms with Crippen LogP contribution in [-0.2, 0) is 28.5 Å². The number of hydrogen-bond acceptors (Lipinski definition) is 7. The van der Waals surface area contributed by atoms with Crippen LogP contribution >= 0.6 is 0 Å². The number of carboxylic acids is 1. The number of fused-ring (bicyclic) bond motifs is 2. The average Bonchev–Trinajstić information content (AvgIpc) is 2.75. The van der Waals surface area contributed by atoms with Crippen LogP contribution in [0.4, 0.5) is 0 Å². The van der Waals surface area contributed by atoms with Gasteiger partial charge in [-0.2, -0.15) is 0 Å². The number of nitrogens with one attached hydrogen (secondary N) is 1. The minimum atomic E-state index is -1.14. The molecule has 2 aromatic rings. The van der Waals surface area contributed by atoms with E-state index in [1.807, 2.05) is 42.5 Å². The van der Waals surface area contributed by atoms with E-state index in [9.17, 15) is 14.7 Å². The molecule has 0 bridgehead atoms. The first kappa shape index (κ1) is 23.4. The van der Waals surface area contributed by atoms with E-state index in [1.165, 1.54) is 13.8 Å². The predicted molar refractivity (Wildman–Crippen MR) is 118 cm³/mol. The number of benzene rings is 2. The fourth-order valence-corrected chi connectivity index (χ4v) is 4.19. The molecule has 33 heavy (non-hydrogen) atoms. The molecule has 1 amide bonds. The summed E-state index contributed by atoms with van der Waals surface area (Å²) < 4.78 is 30.3. The summed E-state index contributed by atoms with van der Waals surface area (Å²) in [6.45, 7) is 6.51. The minimum absolute atomic E-state index is 0.196. The van der Waals surface area contributed by atoms with Crippen LogP contribution in [0.15, 0.2) is 42.5 Å². The highest BCUT2D eigenvalue weighted by molar-refractivity contribution is 5.88. The highest BCUT2D eigenvalue weighted by atomic mass is 16.8. The third kappa shape index (κ3) is 5.11. The normalized spacial score (nSPS) is 29.6. The monoisotopic (exact) mass is 459 g/mol. The molecule has 0 saturated carbocycles. The average molecular weight is 459 g/mol.